The topological polar surface area (TPSA) is 88.5 Å². The molecule has 0 saturated heterocycles. The molecule has 7 nitrogen and oxygen atoms in total. The Hall–Kier alpha value is -4.07. The second-order valence-corrected chi connectivity index (χ2v) is 6.96. The fourth-order valence-electron chi connectivity index (χ4n) is 3.61. The van der Waals surface area contributed by atoms with Crippen molar-refractivity contribution >= 4 is 27.8 Å². The molecule has 0 saturated carbocycles. The predicted molar refractivity (Wildman–Crippen MR) is 113 cm³/mol. The molecular formula is C22H17FN6O. The molecule has 0 amide bonds. The van der Waals surface area contributed by atoms with Crippen molar-refractivity contribution in [2.45, 2.75) is 13.0 Å². The third-order valence-corrected chi connectivity index (χ3v) is 5.04. The van der Waals surface area contributed by atoms with Crippen LogP contribution in [-0.4, -0.2) is 24.5 Å². The van der Waals surface area contributed by atoms with Gasteiger partial charge in [-0.15, -0.1) is 0 Å². The summed E-state index contributed by atoms with van der Waals surface area (Å²) in [6.45, 7) is 1.93. The van der Waals surface area contributed by atoms with Crippen LogP contribution < -0.4 is 10.9 Å². The van der Waals surface area contributed by atoms with Crippen LogP contribution in [0.1, 0.15) is 18.7 Å². The van der Waals surface area contributed by atoms with Crippen molar-refractivity contribution in [2.75, 3.05) is 5.32 Å². The number of para-hydroxylation sites is 1. The number of H-pyrrole nitrogens is 1. The highest BCUT2D eigenvalue weighted by Gasteiger charge is 2.18. The van der Waals surface area contributed by atoms with Crippen LogP contribution >= 0.6 is 0 Å². The molecule has 5 aromatic rings. The van der Waals surface area contributed by atoms with Crippen LogP contribution in [0.25, 0.3) is 27.6 Å². The van der Waals surface area contributed by atoms with E-state index in [-0.39, 0.29) is 11.6 Å². The van der Waals surface area contributed by atoms with Crippen molar-refractivity contribution in [1.29, 1.82) is 0 Å². The first-order chi connectivity index (χ1) is 14.6. The van der Waals surface area contributed by atoms with Gasteiger partial charge in [-0.05, 0) is 42.6 Å². The Kier molecular flexibility index (Phi) is 4.24. The molecule has 148 valence electrons. The summed E-state index contributed by atoms with van der Waals surface area (Å²) in [6, 6.07) is 15.1. The van der Waals surface area contributed by atoms with Gasteiger partial charge in [0.25, 0.3) is 5.56 Å². The number of imidazole rings is 1. The standard InChI is InChI=1S/C22H17FN6O/c1-13(28-21-19-20(25-11-24-19)26-12-27-21)18-9-14-7-8-15(23)10-17(14)22(30)29(18)16-5-3-2-4-6-16/h2-13H,1H3,(H2,24,25,26,27,28)/t13-/m1/s1. The zero-order valence-corrected chi connectivity index (χ0v) is 16.0. The number of nitrogens with zero attached hydrogens (tertiary/aromatic N) is 4. The van der Waals surface area contributed by atoms with E-state index in [4.69, 9.17) is 0 Å². The molecule has 1 atom stereocenters. The SMILES string of the molecule is C[C@@H](Nc1ncnc2[nH]cnc12)c1cc2ccc(F)cc2c(=O)n1-c1ccccc1. The summed E-state index contributed by atoms with van der Waals surface area (Å²) < 4.78 is 15.4. The number of benzene rings is 2. The Bertz CT molecular complexity index is 1430. The molecule has 0 spiro atoms. The van der Waals surface area contributed by atoms with Gasteiger partial charge in [0.1, 0.15) is 17.7 Å². The van der Waals surface area contributed by atoms with Gasteiger partial charge < -0.3 is 10.3 Å². The maximum Gasteiger partial charge on any atom is 0.263 e. The molecule has 3 heterocycles. The van der Waals surface area contributed by atoms with E-state index in [1.165, 1.54) is 18.5 Å². The van der Waals surface area contributed by atoms with Gasteiger partial charge in [0.2, 0.25) is 0 Å². The van der Waals surface area contributed by atoms with Crippen molar-refractivity contribution in [3.05, 3.63) is 89.1 Å². The lowest BCUT2D eigenvalue weighted by molar-refractivity contribution is 0.629. The van der Waals surface area contributed by atoms with Crippen molar-refractivity contribution in [2.24, 2.45) is 0 Å². The minimum Gasteiger partial charge on any atom is -0.360 e. The van der Waals surface area contributed by atoms with Gasteiger partial charge in [-0.2, -0.15) is 0 Å². The quantitative estimate of drug-likeness (QED) is 0.477. The largest absolute Gasteiger partial charge is 0.360 e. The van der Waals surface area contributed by atoms with Gasteiger partial charge in [0.05, 0.1) is 17.8 Å². The first kappa shape index (κ1) is 18.0. The van der Waals surface area contributed by atoms with E-state index >= 15 is 0 Å². The maximum atomic E-state index is 13.8. The highest BCUT2D eigenvalue weighted by molar-refractivity contribution is 5.84. The Morgan fingerprint density at radius 1 is 1.07 bits per heavy atom. The lowest BCUT2D eigenvalue weighted by atomic mass is 10.1. The third kappa shape index (κ3) is 2.98. The molecule has 8 heteroatoms. The fraction of sp³-hybridized carbons (Fsp3) is 0.0909. The lowest BCUT2D eigenvalue weighted by Crippen LogP contribution is -2.25. The summed E-state index contributed by atoms with van der Waals surface area (Å²) in [6.07, 6.45) is 3.00. The normalized spacial score (nSPS) is 12.3. The van der Waals surface area contributed by atoms with Crippen LogP contribution in [0.4, 0.5) is 10.2 Å². The number of aromatic amines is 1. The number of nitrogens with one attached hydrogen (secondary N) is 2. The van der Waals surface area contributed by atoms with Gasteiger partial charge in [-0.1, -0.05) is 24.3 Å². The number of hydrogen-bond donors (Lipinski definition) is 2. The predicted octanol–water partition coefficient (Wildman–Crippen LogP) is 3.97. The molecule has 0 fully saturated rings. The molecule has 0 bridgehead atoms. The minimum atomic E-state index is -0.444. The molecule has 30 heavy (non-hydrogen) atoms. The third-order valence-electron chi connectivity index (χ3n) is 5.04. The molecule has 2 N–H and O–H groups in total. The first-order valence-corrected chi connectivity index (χ1v) is 9.43. The number of aromatic nitrogens is 5. The lowest BCUT2D eigenvalue weighted by Gasteiger charge is -2.21. The summed E-state index contributed by atoms with van der Waals surface area (Å²) >= 11 is 0. The van der Waals surface area contributed by atoms with Gasteiger partial charge in [0.15, 0.2) is 11.5 Å². The summed E-state index contributed by atoms with van der Waals surface area (Å²) in [5, 5.41) is 4.33. The molecule has 0 aliphatic heterocycles. The van der Waals surface area contributed by atoms with E-state index in [9.17, 15) is 9.18 Å². The van der Waals surface area contributed by atoms with E-state index in [1.807, 2.05) is 43.3 Å². The van der Waals surface area contributed by atoms with Crippen molar-refractivity contribution in [1.82, 2.24) is 24.5 Å². The number of anilines is 1. The molecule has 0 unspecified atom stereocenters. The van der Waals surface area contributed by atoms with Crippen molar-refractivity contribution in [3.8, 4) is 5.69 Å². The zero-order valence-electron chi connectivity index (χ0n) is 16.0. The fourth-order valence-corrected chi connectivity index (χ4v) is 3.61. The van der Waals surface area contributed by atoms with E-state index in [2.05, 4.69) is 25.3 Å². The Balaban J connectivity index is 1.70. The minimum absolute atomic E-state index is 0.283. The van der Waals surface area contributed by atoms with E-state index in [1.54, 1.807) is 17.0 Å². The van der Waals surface area contributed by atoms with Crippen molar-refractivity contribution in [3.63, 3.8) is 0 Å². The monoisotopic (exact) mass is 400 g/mol. The number of rotatable bonds is 4. The van der Waals surface area contributed by atoms with E-state index < -0.39 is 5.82 Å². The van der Waals surface area contributed by atoms with E-state index in [0.29, 0.717) is 39.1 Å². The van der Waals surface area contributed by atoms with Crippen LogP contribution in [0.5, 0.6) is 0 Å². The van der Waals surface area contributed by atoms with E-state index in [0.717, 1.165) is 0 Å². The molecule has 0 aliphatic rings. The number of halogens is 1. The zero-order chi connectivity index (χ0) is 20.7. The van der Waals surface area contributed by atoms with Crippen LogP contribution in [0, 0.1) is 5.82 Å². The number of pyridine rings is 1. The van der Waals surface area contributed by atoms with Crippen LogP contribution in [0.15, 0.2) is 72.0 Å². The molecule has 0 aliphatic carbocycles. The summed E-state index contributed by atoms with van der Waals surface area (Å²) in [5.74, 6) is 0.111. The molecular weight excluding hydrogens is 383 g/mol. The maximum absolute atomic E-state index is 13.8. The second-order valence-electron chi connectivity index (χ2n) is 6.96. The van der Waals surface area contributed by atoms with Crippen LogP contribution in [0.2, 0.25) is 0 Å². The average molecular weight is 400 g/mol. The van der Waals surface area contributed by atoms with Crippen molar-refractivity contribution < 1.29 is 4.39 Å². The molecule has 3 aromatic heterocycles. The first-order valence-electron chi connectivity index (χ1n) is 9.43. The molecule has 0 radical (unpaired) electrons. The van der Waals surface area contributed by atoms with Gasteiger partial charge in [-0.3, -0.25) is 9.36 Å². The summed E-state index contributed by atoms with van der Waals surface area (Å²) in [7, 11) is 0. The average Bonchev–Trinajstić information content (AvgIpc) is 3.24. The number of hydrogen-bond acceptors (Lipinski definition) is 5. The Morgan fingerprint density at radius 2 is 1.90 bits per heavy atom. The molecule has 5 rings (SSSR count). The highest BCUT2D eigenvalue weighted by Crippen LogP contribution is 2.25. The second kappa shape index (κ2) is 7.07. The molecule has 2 aromatic carbocycles. The number of fused-ring (bicyclic) bond motifs is 2. The Labute approximate surface area is 170 Å². The highest BCUT2D eigenvalue weighted by atomic mass is 19.1. The smallest absolute Gasteiger partial charge is 0.263 e. The van der Waals surface area contributed by atoms with Gasteiger partial charge in [-0.25, -0.2) is 19.3 Å². The summed E-state index contributed by atoms with van der Waals surface area (Å²) in [5.41, 5.74) is 2.36. The van der Waals surface area contributed by atoms with Gasteiger partial charge in [0, 0.05) is 11.4 Å². The van der Waals surface area contributed by atoms with Gasteiger partial charge >= 0.3 is 0 Å². The summed E-state index contributed by atoms with van der Waals surface area (Å²) in [4.78, 5) is 29.0. The van der Waals surface area contributed by atoms with Crippen LogP contribution in [-0.2, 0) is 0 Å². The van der Waals surface area contributed by atoms with Crippen LogP contribution in [0.3, 0.4) is 0 Å². The Morgan fingerprint density at radius 3 is 2.73 bits per heavy atom.